The third kappa shape index (κ3) is 6.65. The summed E-state index contributed by atoms with van der Waals surface area (Å²) in [4.78, 5) is 13.6. The maximum atomic E-state index is 15.0. The Morgan fingerprint density at radius 2 is 1.70 bits per heavy atom. The number of aromatic carboxylic acids is 1. The van der Waals surface area contributed by atoms with Crippen LogP contribution in [0.15, 0.2) is 66.2 Å². The highest BCUT2D eigenvalue weighted by atomic mass is 35.5. The molecule has 0 unspecified atom stereocenters. The molecule has 1 N–H and O–H groups in total. The normalized spacial score (nSPS) is 16.7. The molecule has 3 aromatic carbocycles. The predicted octanol–water partition coefficient (Wildman–Crippen LogP) is 8.12. The summed E-state index contributed by atoms with van der Waals surface area (Å²) in [6.07, 6.45) is 2.39. The maximum Gasteiger partial charge on any atom is 0.335 e. The molecule has 1 aliphatic carbocycles. The second kappa shape index (κ2) is 12.8. The van der Waals surface area contributed by atoms with Gasteiger partial charge >= 0.3 is 5.97 Å². The first-order valence-electron chi connectivity index (χ1n) is 13.1. The monoisotopic (exact) mass is 571 g/mol. The molecular weight excluding hydrogens is 542 g/mol. The molecule has 1 heterocycles. The van der Waals surface area contributed by atoms with E-state index in [0.717, 1.165) is 52.4 Å². The minimum absolute atomic E-state index is 0. The molecule has 0 saturated carbocycles. The van der Waals surface area contributed by atoms with Crippen LogP contribution in [0.1, 0.15) is 63.9 Å². The first-order chi connectivity index (χ1) is 18.8. The van der Waals surface area contributed by atoms with E-state index >= 15 is 4.39 Å². The maximum absolute atomic E-state index is 15.0. The minimum atomic E-state index is -2.29. The summed E-state index contributed by atoms with van der Waals surface area (Å²) < 4.78 is 53.9. The first-order valence-corrected chi connectivity index (χ1v) is 13.1. The van der Waals surface area contributed by atoms with Gasteiger partial charge in [-0.3, -0.25) is 4.90 Å². The zero-order valence-corrected chi connectivity index (χ0v) is 22.6. The van der Waals surface area contributed by atoms with Crippen molar-refractivity contribution in [1.82, 2.24) is 4.90 Å². The van der Waals surface area contributed by atoms with Gasteiger partial charge in [0.05, 0.1) is 5.56 Å². The zero-order valence-electron chi connectivity index (χ0n) is 21.8. The molecule has 2 aliphatic rings. The number of carboxylic acids is 1. The van der Waals surface area contributed by atoms with Crippen LogP contribution in [0.4, 0.5) is 17.6 Å². The number of halogens is 5. The molecule has 0 bridgehead atoms. The zero-order chi connectivity index (χ0) is 27.5. The molecule has 0 spiro atoms. The van der Waals surface area contributed by atoms with Crippen LogP contribution < -0.4 is 0 Å². The van der Waals surface area contributed by atoms with E-state index in [9.17, 15) is 23.1 Å². The van der Waals surface area contributed by atoms with Crippen molar-refractivity contribution in [3.63, 3.8) is 0 Å². The molecule has 0 amide bonds. The van der Waals surface area contributed by atoms with Gasteiger partial charge in [0.1, 0.15) is 11.6 Å². The van der Waals surface area contributed by atoms with E-state index in [0.29, 0.717) is 37.9 Å². The number of allylic oxidation sites excluding steroid dienone is 1. The Morgan fingerprint density at radius 1 is 0.950 bits per heavy atom. The van der Waals surface area contributed by atoms with Crippen molar-refractivity contribution in [2.45, 2.75) is 38.5 Å². The van der Waals surface area contributed by atoms with Crippen LogP contribution in [0.5, 0.6) is 0 Å². The lowest BCUT2D eigenvalue weighted by atomic mass is 9.87. The summed E-state index contributed by atoms with van der Waals surface area (Å²) >= 11 is 0. The summed E-state index contributed by atoms with van der Waals surface area (Å²) in [7, 11) is 0. The van der Waals surface area contributed by atoms with Crippen molar-refractivity contribution in [2.75, 3.05) is 19.6 Å². The Labute approximate surface area is 237 Å². The van der Waals surface area contributed by atoms with E-state index < -0.39 is 24.0 Å². The summed E-state index contributed by atoms with van der Waals surface area (Å²) in [5.74, 6) is -2.28. The Bertz CT molecular complexity index is 1450. The number of fused-ring (bicyclic) bond motifs is 1. The number of hydrogen-bond acceptors (Lipinski definition) is 2. The molecule has 0 aromatic heterocycles. The number of hydrogen-bond donors (Lipinski definition) is 1. The first kappa shape index (κ1) is 29.6. The van der Waals surface area contributed by atoms with Crippen molar-refractivity contribution in [1.29, 1.82) is 0 Å². The molecular formula is C32H30ClF4NO2. The molecule has 1 aliphatic heterocycles. The summed E-state index contributed by atoms with van der Waals surface area (Å²) in [5.41, 5.74) is 6.84. The van der Waals surface area contributed by atoms with Gasteiger partial charge in [-0.25, -0.2) is 22.4 Å². The number of benzene rings is 3. The molecule has 3 nitrogen and oxygen atoms in total. The van der Waals surface area contributed by atoms with Crippen molar-refractivity contribution in [3.05, 3.63) is 111 Å². The number of carbonyl (C=O) groups is 1. The van der Waals surface area contributed by atoms with Gasteiger partial charge < -0.3 is 5.11 Å². The van der Waals surface area contributed by atoms with Gasteiger partial charge in [-0.1, -0.05) is 42.0 Å². The molecule has 1 fully saturated rings. The van der Waals surface area contributed by atoms with Gasteiger partial charge in [-0.2, -0.15) is 0 Å². The summed E-state index contributed by atoms with van der Waals surface area (Å²) in [5, 5.41) is 9.51. The topological polar surface area (TPSA) is 40.5 Å². The molecule has 0 radical (unpaired) electrons. The quantitative estimate of drug-likeness (QED) is 0.291. The second-order valence-corrected chi connectivity index (χ2v) is 10.1. The van der Waals surface area contributed by atoms with Crippen LogP contribution in [0.25, 0.3) is 17.2 Å². The lowest BCUT2D eigenvalue weighted by molar-refractivity contribution is 0.0696. The molecule has 8 heteroatoms. The highest BCUT2D eigenvalue weighted by molar-refractivity contribution is 6.00. The smallest absolute Gasteiger partial charge is 0.335 e. The van der Waals surface area contributed by atoms with Crippen molar-refractivity contribution in [3.8, 4) is 0 Å². The molecule has 0 atom stereocenters. The Kier molecular flexibility index (Phi) is 9.48. The van der Waals surface area contributed by atoms with E-state index in [2.05, 4.69) is 6.08 Å². The van der Waals surface area contributed by atoms with Crippen LogP contribution in [0.3, 0.4) is 0 Å². The third-order valence-electron chi connectivity index (χ3n) is 7.46. The molecule has 40 heavy (non-hydrogen) atoms. The van der Waals surface area contributed by atoms with Gasteiger partial charge in [-0.05, 0) is 83.3 Å². The van der Waals surface area contributed by atoms with Crippen molar-refractivity contribution >= 4 is 35.6 Å². The van der Waals surface area contributed by atoms with E-state index in [1.807, 2.05) is 29.2 Å². The molecule has 210 valence electrons. The van der Waals surface area contributed by atoms with Gasteiger partial charge in [0.2, 0.25) is 6.43 Å². The third-order valence-corrected chi connectivity index (χ3v) is 7.46. The number of aryl methyl sites for hydroxylation is 1. The summed E-state index contributed by atoms with van der Waals surface area (Å²) in [6.45, 7) is 1.83. The highest BCUT2D eigenvalue weighted by Crippen LogP contribution is 2.41. The van der Waals surface area contributed by atoms with Gasteiger partial charge in [0.15, 0.2) is 0 Å². The van der Waals surface area contributed by atoms with Gasteiger partial charge in [-0.15, -0.1) is 12.4 Å². The SMILES string of the molecule is Cl.O=C(O)c1ccc2c(c1)CCCC(c1ccc(F)cc1F)=C2c1ccc(C=C2CCN(CCC(F)F)C2)cc1. The van der Waals surface area contributed by atoms with E-state index in [4.69, 9.17) is 0 Å². The fourth-order valence-corrected chi connectivity index (χ4v) is 5.57. The Hall–Kier alpha value is -3.42. The number of carboxylic acid groups (broad SMARTS) is 1. The lowest BCUT2D eigenvalue weighted by Gasteiger charge is -2.17. The van der Waals surface area contributed by atoms with Gasteiger partial charge in [0, 0.05) is 37.7 Å². The highest BCUT2D eigenvalue weighted by Gasteiger charge is 2.23. The van der Waals surface area contributed by atoms with Crippen LogP contribution in [0.2, 0.25) is 0 Å². The van der Waals surface area contributed by atoms with Crippen LogP contribution in [0, 0.1) is 11.6 Å². The Morgan fingerprint density at radius 3 is 2.40 bits per heavy atom. The average Bonchev–Trinajstić information content (AvgIpc) is 3.26. The van der Waals surface area contributed by atoms with E-state index in [1.165, 1.54) is 17.7 Å². The Balaban J connectivity index is 0.00000370. The predicted molar refractivity (Wildman–Crippen MR) is 152 cm³/mol. The standard InChI is InChI=1S/C32H29F4NO2.ClH/c33-25-9-11-27(29(34)18-25)28-3-1-2-23-17-24(32(38)39)8-10-26(23)31(28)22-6-4-20(5-7-22)16-21-12-14-37(19-21)15-13-30(35)36;/h4-11,16-18,30H,1-3,12-15,19H2,(H,38,39);1H. The largest absolute Gasteiger partial charge is 0.478 e. The molecule has 1 saturated heterocycles. The number of alkyl halides is 2. The number of likely N-dealkylation sites (tertiary alicyclic amines) is 1. The fourth-order valence-electron chi connectivity index (χ4n) is 5.57. The van der Waals surface area contributed by atoms with Gasteiger partial charge in [0.25, 0.3) is 0 Å². The van der Waals surface area contributed by atoms with Crippen LogP contribution in [-0.2, 0) is 6.42 Å². The van der Waals surface area contributed by atoms with E-state index in [-0.39, 0.29) is 24.4 Å². The lowest BCUT2D eigenvalue weighted by Crippen LogP contribution is -2.22. The van der Waals surface area contributed by atoms with Crippen LogP contribution in [-0.4, -0.2) is 42.0 Å². The van der Waals surface area contributed by atoms with Crippen molar-refractivity contribution < 1.29 is 27.5 Å². The van der Waals surface area contributed by atoms with Crippen molar-refractivity contribution in [2.24, 2.45) is 0 Å². The van der Waals surface area contributed by atoms with E-state index in [1.54, 1.807) is 18.2 Å². The average molecular weight is 572 g/mol. The summed E-state index contributed by atoms with van der Waals surface area (Å²) in [6, 6.07) is 16.5. The minimum Gasteiger partial charge on any atom is -0.478 e. The second-order valence-electron chi connectivity index (χ2n) is 10.1. The van der Waals surface area contributed by atoms with Crippen LogP contribution >= 0.6 is 12.4 Å². The molecule has 3 aromatic rings. The number of rotatable bonds is 7. The number of nitrogens with zero attached hydrogens (tertiary/aromatic N) is 1. The molecule has 5 rings (SSSR count). The fraction of sp³-hybridized carbons (Fsp3) is 0.281.